The Kier molecular flexibility index (Phi) is 2.82. The van der Waals surface area contributed by atoms with Crippen molar-refractivity contribution in [2.24, 2.45) is 23.7 Å². The van der Waals surface area contributed by atoms with Gasteiger partial charge >= 0.3 is 0 Å². The number of rotatable bonds is 1. The van der Waals surface area contributed by atoms with Crippen molar-refractivity contribution in [3.8, 4) is 0 Å². The van der Waals surface area contributed by atoms with Crippen LogP contribution in [0.15, 0.2) is 23.7 Å². The highest BCUT2D eigenvalue weighted by atomic mass is 32.1. The predicted octanol–water partition coefficient (Wildman–Crippen LogP) is 2.65. The van der Waals surface area contributed by atoms with E-state index in [1.54, 1.807) is 11.3 Å². The molecule has 1 aliphatic carbocycles. The number of hydrogen-bond donors (Lipinski definition) is 0. The minimum Gasteiger partial charge on any atom is -0.381 e. The van der Waals surface area contributed by atoms with Gasteiger partial charge in [0.2, 0.25) is 0 Å². The molecule has 0 spiro atoms. The van der Waals surface area contributed by atoms with Crippen LogP contribution in [0, 0.1) is 23.7 Å². The van der Waals surface area contributed by atoms with E-state index in [9.17, 15) is 4.79 Å². The number of thiazole rings is 1. The Bertz CT molecular complexity index is 743. The van der Waals surface area contributed by atoms with Crippen molar-refractivity contribution < 1.29 is 9.53 Å². The zero-order valence-electron chi connectivity index (χ0n) is 12.3. The lowest BCUT2D eigenvalue weighted by atomic mass is 9.91. The molecule has 1 aromatic heterocycles. The smallest absolute Gasteiger partial charge is 0.255 e. The number of nitrogens with zero attached hydrogens (tertiary/aromatic N) is 2. The molecule has 2 aliphatic heterocycles. The highest BCUT2D eigenvalue weighted by molar-refractivity contribution is 7.17. The maximum absolute atomic E-state index is 13.0. The number of fused-ring (bicyclic) bond motifs is 4. The largest absolute Gasteiger partial charge is 0.381 e. The molecule has 2 saturated heterocycles. The van der Waals surface area contributed by atoms with Crippen LogP contribution >= 0.6 is 11.3 Å². The van der Waals surface area contributed by atoms with Gasteiger partial charge in [-0.05, 0) is 42.2 Å². The standard InChI is InChI=1S/C17H18N2O2S/c20-17(12-2-1-3-15-16(12)22-9-18-15)19-5-10-4-11-7-21-8-14(11)13(10)6-19/h1-3,9-11,13-14H,4-8H2/t10-,11+,13+,14-/m0/s1. The van der Waals surface area contributed by atoms with Crippen molar-refractivity contribution in [1.82, 2.24) is 9.88 Å². The van der Waals surface area contributed by atoms with E-state index in [0.29, 0.717) is 17.8 Å². The average Bonchev–Trinajstić information content (AvgIpc) is 3.26. The molecule has 0 bridgehead atoms. The summed E-state index contributed by atoms with van der Waals surface area (Å²) in [6.07, 6.45) is 1.24. The van der Waals surface area contributed by atoms with Crippen LogP contribution in [-0.4, -0.2) is 42.1 Å². The number of ether oxygens (including phenoxy) is 1. The van der Waals surface area contributed by atoms with Crippen LogP contribution in [0.3, 0.4) is 0 Å². The number of likely N-dealkylation sites (tertiary alicyclic amines) is 1. The molecule has 3 heterocycles. The lowest BCUT2D eigenvalue weighted by Crippen LogP contribution is -2.31. The summed E-state index contributed by atoms with van der Waals surface area (Å²) < 4.78 is 6.66. The summed E-state index contributed by atoms with van der Waals surface area (Å²) in [4.78, 5) is 19.3. The molecule has 5 heteroatoms. The Morgan fingerprint density at radius 3 is 3.14 bits per heavy atom. The molecule has 114 valence electrons. The van der Waals surface area contributed by atoms with Crippen LogP contribution in [0.4, 0.5) is 0 Å². The molecule has 0 N–H and O–H groups in total. The molecule has 1 aromatic carbocycles. The van der Waals surface area contributed by atoms with Gasteiger partial charge in [0.1, 0.15) is 0 Å². The van der Waals surface area contributed by atoms with E-state index in [4.69, 9.17) is 4.74 Å². The molecule has 2 aromatic rings. The first-order chi connectivity index (χ1) is 10.8. The molecule has 3 fully saturated rings. The normalized spacial score (nSPS) is 33.4. The first kappa shape index (κ1) is 13.0. The van der Waals surface area contributed by atoms with Crippen molar-refractivity contribution in [2.45, 2.75) is 6.42 Å². The van der Waals surface area contributed by atoms with Gasteiger partial charge in [-0.2, -0.15) is 0 Å². The van der Waals surface area contributed by atoms with Gasteiger partial charge in [-0.1, -0.05) is 6.07 Å². The Balaban J connectivity index is 1.42. The third-order valence-corrected chi connectivity index (χ3v) is 6.64. The van der Waals surface area contributed by atoms with Crippen LogP contribution in [0.5, 0.6) is 0 Å². The lowest BCUT2D eigenvalue weighted by molar-refractivity contribution is 0.0776. The second-order valence-electron chi connectivity index (χ2n) is 6.84. The fraction of sp³-hybridized carbons (Fsp3) is 0.529. The van der Waals surface area contributed by atoms with E-state index in [1.807, 2.05) is 23.7 Å². The van der Waals surface area contributed by atoms with Crippen LogP contribution in [0.1, 0.15) is 16.8 Å². The van der Waals surface area contributed by atoms with Gasteiger partial charge in [-0.3, -0.25) is 4.79 Å². The molecular weight excluding hydrogens is 296 g/mol. The summed E-state index contributed by atoms with van der Waals surface area (Å²) in [6, 6.07) is 5.85. The minimum absolute atomic E-state index is 0.180. The SMILES string of the molecule is O=C(c1cccc2ncsc12)N1C[C@@H]2C[C@@H]3COC[C@@H]3[C@@H]2C1. The zero-order chi connectivity index (χ0) is 14.7. The first-order valence-electron chi connectivity index (χ1n) is 8.00. The van der Waals surface area contributed by atoms with Crippen LogP contribution in [0.2, 0.25) is 0 Å². The molecule has 4 nitrogen and oxygen atoms in total. The summed E-state index contributed by atoms with van der Waals surface area (Å²) >= 11 is 1.56. The molecule has 1 amide bonds. The Labute approximate surface area is 133 Å². The van der Waals surface area contributed by atoms with Crippen LogP contribution in [-0.2, 0) is 4.74 Å². The number of benzene rings is 1. The van der Waals surface area contributed by atoms with Gasteiger partial charge in [0.15, 0.2) is 0 Å². The monoisotopic (exact) mass is 314 g/mol. The number of carbonyl (C=O) groups is 1. The van der Waals surface area contributed by atoms with Gasteiger partial charge in [0.05, 0.1) is 27.9 Å². The molecule has 1 saturated carbocycles. The van der Waals surface area contributed by atoms with Gasteiger partial charge in [0.25, 0.3) is 5.91 Å². The molecule has 4 atom stereocenters. The van der Waals surface area contributed by atoms with E-state index in [2.05, 4.69) is 9.88 Å². The highest BCUT2D eigenvalue weighted by Crippen LogP contribution is 2.48. The third-order valence-electron chi connectivity index (χ3n) is 5.77. The maximum Gasteiger partial charge on any atom is 0.255 e. The molecule has 0 unspecified atom stereocenters. The molecular formula is C17H18N2O2S. The van der Waals surface area contributed by atoms with Crippen molar-refractivity contribution in [3.63, 3.8) is 0 Å². The van der Waals surface area contributed by atoms with Gasteiger partial charge in [-0.25, -0.2) is 4.98 Å². The lowest BCUT2D eigenvalue weighted by Gasteiger charge is -2.20. The topological polar surface area (TPSA) is 42.4 Å². The maximum atomic E-state index is 13.0. The number of hydrogen-bond acceptors (Lipinski definition) is 4. The Morgan fingerprint density at radius 1 is 1.23 bits per heavy atom. The van der Waals surface area contributed by atoms with Gasteiger partial charge < -0.3 is 9.64 Å². The molecule has 5 rings (SSSR count). The van der Waals surface area contributed by atoms with Crippen molar-refractivity contribution in [1.29, 1.82) is 0 Å². The summed E-state index contributed by atoms with van der Waals surface area (Å²) in [7, 11) is 0. The number of amides is 1. The third kappa shape index (κ3) is 1.78. The fourth-order valence-electron chi connectivity index (χ4n) is 4.74. The first-order valence-corrected chi connectivity index (χ1v) is 8.88. The van der Waals surface area contributed by atoms with E-state index in [0.717, 1.165) is 48.0 Å². The van der Waals surface area contributed by atoms with Crippen molar-refractivity contribution >= 4 is 27.5 Å². The Hall–Kier alpha value is -1.46. The van der Waals surface area contributed by atoms with Gasteiger partial charge in [0, 0.05) is 19.7 Å². The summed E-state index contributed by atoms with van der Waals surface area (Å²) in [5.41, 5.74) is 3.57. The second-order valence-corrected chi connectivity index (χ2v) is 7.69. The highest BCUT2D eigenvalue weighted by Gasteiger charge is 2.51. The summed E-state index contributed by atoms with van der Waals surface area (Å²) in [6.45, 7) is 3.67. The molecule has 22 heavy (non-hydrogen) atoms. The Morgan fingerprint density at radius 2 is 2.18 bits per heavy atom. The quantitative estimate of drug-likeness (QED) is 0.813. The fourth-order valence-corrected chi connectivity index (χ4v) is 5.54. The van der Waals surface area contributed by atoms with E-state index < -0.39 is 0 Å². The van der Waals surface area contributed by atoms with E-state index >= 15 is 0 Å². The van der Waals surface area contributed by atoms with Crippen molar-refractivity contribution in [2.75, 3.05) is 26.3 Å². The minimum atomic E-state index is 0.180. The number of aromatic nitrogens is 1. The molecule has 0 radical (unpaired) electrons. The van der Waals surface area contributed by atoms with E-state index in [1.165, 1.54) is 6.42 Å². The van der Waals surface area contributed by atoms with Crippen LogP contribution < -0.4 is 0 Å². The zero-order valence-corrected chi connectivity index (χ0v) is 13.1. The second kappa shape index (κ2) is 4.77. The molecule has 3 aliphatic rings. The number of carbonyl (C=O) groups excluding carboxylic acids is 1. The van der Waals surface area contributed by atoms with E-state index in [-0.39, 0.29) is 5.91 Å². The van der Waals surface area contributed by atoms with Gasteiger partial charge in [-0.15, -0.1) is 11.3 Å². The average molecular weight is 314 g/mol. The van der Waals surface area contributed by atoms with Crippen LogP contribution in [0.25, 0.3) is 10.2 Å². The predicted molar refractivity (Wildman–Crippen MR) is 84.9 cm³/mol. The summed E-state index contributed by atoms with van der Waals surface area (Å²) in [5.74, 6) is 2.94. The summed E-state index contributed by atoms with van der Waals surface area (Å²) in [5, 5.41) is 0. The van der Waals surface area contributed by atoms with Crippen molar-refractivity contribution in [3.05, 3.63) is 29.3 Å².